The summed E-state index contributed by atoms with van der Waals surface area (Å²) in [4.78, 5) is 0. The van der Waals surface area contributed by atoms with Crippen LogP contribution in [0, 0.1) is 5.41 Å². The second-order valence-electron chi connectivity index (χ2n) is 5.20. The lowest BCUT2D eigenvalue weighted by atomic mass is 9.57. The van der Waals surface area contributed by atoms with Crippen molar-refractivity contribution >= 4 is 11.8 Å². The SMILES string of the molecule is CCCSC1(CN)CC2(CCOCC2)C1. The molecule has 0 atom stereocenters. The first-order valence-electron chi connectivity index (χ1n) is 6.16. The Morgan fingerprint density at radius 3 is 2.47 bits per heavy atom. The monoisotopic (exact) mass is 229 g/mol. The smallest absolute Gasteiger partial charge is 0.0471 e. The molecule has 1 aliphatic carbocycles. The Kier molecular flexibility index (Phi) is 3.63. The molecule has 0 amide bonds. The third-order valence-corrected chi connectivity index (χ3v) is 5.61. The van der Waals surface area contributed by atoms with E-state index in [1.54, 1.807) is 0 Å². The summed E-state index contributed by atoms with van der Waals surface area (Å²) < 4.78 is 5.87. The van der Waals surface area contributed by atoms with Crippen molar-refractivity contribution < 1.29 is 4.74 Å². The molecule has 1 saturated carbocycles. The Hall–Kier alpha value is 0.270. The molecule has 2 aliphatic rings. The van der Waals surface area contributed by atoms with Crippen LogP contribution in [0.1, 0.15) is 39.0 Å². The van der Waals surface area contributed by atoms with E-state index in [-0.39, 0.29) is 0 Å². The highest BCUT2D eigenvalue weighted by atomic mass is 32.2. The molecule has 0 aromatic heterocycles. The Balaban J connectivity index is 1.86. The fourth-order valence-electron chi connectivity index (χ4n) is 3.10. The number of hydrogen-bond acceptors (Lipinski definition) is 3. The van der Waals surface area contributed by atoms with Crippen LogP contribution in [-0.2, 0) is 4.74 Å². The van der Waals surface area contributed by atoms with Crippen LogP contribution in [0.15, 0.2) is 0 Å². The minimum Gasteiger partial charge on any atom is -0.381 e. The first kappa shape index (κ1) is 11.7. The third kappa shape index (κ3) is 2.34. The molecule has 2 fully saturated rings. The Labute approximate surface area is 97.3 Å². The second-order valence-corrected chi connectivity index (χ2v) is 6.76. The summed E-state index contributed by atoms with van der Waals surface area (Å²) in [5.41, 5.74) is 6.56. The first-order chi connectivity index (χ1) is 7.24. The summed E-state index contributed by atoms with van der Waals surface area (Å²) in [6.07, 6.45) is 6.47. The lowest BCUT2D eigenvalue weighted by Gasteiger charge is -2.57. The van der Waals surface area contributed by atoms with Crippen molar-refractivity contribution in [1.29, 1.82) is 0 Å². The molecule has 1 spiro atoms. The van der Waals surface area contributed by atoms with Crippen LogP contribution in [0.3, 0.4) is 0 Å². The molecule has 0 aromatic rings. The minimum absolute atomic E-state index is 0.424. The maximum absolute atomic E-state index is 5.95. The van der Waals surface area contributed by atoms with Crippen molar-refractivity contribution in [1.82, 2.24) is 0 Å². The van der Waals surface area contributed by atoms with Gasteiger partial charge < -0.3 is 10.5 Å². The number of hydrogen-bond donors (Lipinski definition) is 1. The molecule has 2 N–H and O–H groups in total. The van der Waals surface area contributed by atoms with E-state index in [9.17, 15) is 0 Å². The zero-order valence-electron chi connectivity index (χ0n) is 9.76. The van der Waals surface area contributed by atoms with Crippen LogP contribution < -0.4 is 5.73 Å². The van der Waals surface area contributed by atoms with Crippen LogP contribution in [0.25, 0.3) is 0 Å². The highest BCUT2D eigenvalue weighted by Crippen LogP contribution is 2.59. The third-order valence-electron chi connectivity index (χ3n) is 3.93. The molecule has 0 aromatic carbocycles. The second kappa shape index (κ2) is 4.64. The molecule has 88 valence electrons. The number of nitrogens with two attached hydrogens (primary N) is 1. The summed E-state index contributed by atoms with van der Waals surface area (Å²) in [6.45, 7) is 5.05. The van der Waals surface area contributed by atoms with Crippen LogP contribution >= 0.6 is 11.8 Å². The molecule has 2 nitrogen and oxygen atoms in total. The minimum atomic E-state index is 0.424. The van der Waals surface area contributed by atoms with Gasteiger partial charge in [-0.05, 0) is 43.3 Å². The predicted molar refractivity (Wildman–Crippen MR) is 66.3 cm³/mol. The normalized spacial score (nSPS) is 27.6. The molecular weight excluding hydrogens is 206 g/mol. The lowest BCUT2D eigenvalue weighted by molar-refractivity contribution is -0.0451. The van der Waals surface area contributed by atoms with Gasteiger partial charge in [-0.15, -0.1) is 0 Å². The van der Waals surface area contributed by atoms with Gasteiger partial charge in [0, 0.05) is 24.5 Å². The lowest BCUT2D eigenvalue weighted by Crippen LogP contribution is -2.55. The average Bonchev–Trinajstić information content (AvgIpc) is 2.24. The van der Waals surface area contributed by atoms with Gasteiger partial charge in [0.05, 0.1) is 0 Å². The van der Waals surface area contributed by atoms with Crippen molar-refractivity contribution in [3.8, 4) is 0 Å². The Bertz CT molecular complexity index is 206. The van der Waals surface area contributed by atoms with Crippen molar-refractivity contribution in [2.75, 3.05) is 25.5 Å². The van der Waals surface area contributed by atoms with Crippen molar-refractivity contribution in [2.45, 2.75) is 43.8 Å². The summed E-state index contributed by atoms with van der Waals surface area (Å²) in [6, 6.07) is 0. The van der Waals surface area contributed by atoms with Gasteiger partial charge in [-0.3, -0.25) is 0 Å². The van der Waals surface area contributed by atoms with Gasteiger partial charge in [-0.1, -0.05) is 6.92 Å². The van der Waals surface area contributed by atoms with E-state index >= 15 is 0 Å². The van der Waals surface area contributed by atoms with Crippen LogP contribution in [-0.4, -0.2) is 30.3 Å². The molecule has 15 heavy (non-hydrogen) atoms. The highest BCUT2D eigenvalue weighted by Gasteiger charge is 2.53. The predicted octanol–water partition coefficient (Wildman–Crippen LogP) is 2.42. The zero-order valence-corrected chi connectivity index (χ0v) is 10.6. The average molecular weight is 229 g/mol. The largest absolute Gasteiger partial charge is 0.381 e. The van der Waals surface area contributed by atoms with Gasteiger partial charge in [0.1, 0.15) is 0 Å². The quantitative estimate of drug-likeness (QED) is 0.804. The Morgan fingerprint density at radius 1 is 1.27 bits per heavy atom. The number of rotatable bonds is 4. The van der Waals surface area contributed by atoms with Crippen molar-refractivity contribution in [3.63, 3.8) is 0 Å². The van der Waals surface area contributed by atoms with Crippen LogP contribution in [0.5, 0.6) is 0 Å². The summed E-state index contributed by atoms with van der Waals surface area (Å²) in [5.74, 6) is 1.27. The van der Waals surface area contributed by atoms with Crippen molar-refractivity contribution in [2.24, 2.45) is 11.1 Å². The summed E-state index contributed by atoms with van der Waals surface area (Å²) in [5, 5.41) is 0. The van der Waals surface area contributed by atoms with E-state index in [1.165, 1.54) is 37.9 Å². The summed E-state index contributed by atoms with van der Waals surface area (Å²) in [7, 11) is 0. The van der Waals surface area contributed by atoms with E-state index in [0.29, 0.717) is 10.2 Å². The van der Waals surface area contributed by atoms with E-state index < -0.39 is 0 Å². The molecule has 0 radical (unpaired) electrons. The fraction of sp³-hybridized carbons (Fsp3) is 1.00. The topological polar surface area (TPSA) is 35.2 Å². The standard InChI is InChI=1S/C12H23NOS/c1-2-7-15-12(10-13)8-11(9-12)3-5-14-6-4-11/h2-10,13H2,1H3. The van der Waals surface area contributed by atoms with Crippen molar-refractivity contribution in [3.05, 3.63) is 0 Å². The molecule has 2 rings (SSSR count). The van der Waals surface area contributed by atoms with E-state index in [4.69, 9.17) is 10.5 Å². The van der Waals surface area contributed by atoms with Crippen LogP contribution in [0.2, 0.25) is 0 Å². The zero-order chi connectivity index (χ0) is 10.8. The maximum Gasteiger partial charge on any atom is 0.0471 e. The van der Waals surface area contributed by atoms with Gasteiger partial charge in [0.15, 0.2) is 0 Å². The van der Waals surface area contributed by atoms with Gasteiger partial charge in [-0.2, -0.15) is 11.8 Å². The molecule has 3 heteroatoms. The van der Waals surface area contributed by atoms with Gasteiger partial charge in [0.25, 0.3) is 0 Å². The molecule has 1 aliphatic heterocycles. The van der Waals surface area contributed by atoms with Gasteiger partial charge in [-0.25, -0.2) is 0 Å². The molecule has 0 bridgehead atoms. The highest BCUT2D eigenvalue weighted by molar-refractivity contribution is 8.00. The molecule has 1 saturated heterocycles. The van der Waals surface area contributed by atoms with Gasteiger partial charge >= 0.3 is 0 Å². The summed E-state index contributed by atoms with van der Waals surface area (Å²) >= 11 is 2.11. The van der Waals surface area contributed by atoms with E-state index in [1.807, 2.05) is 0 Å². The van der Waals surface area contributed by atoms with Gasteiger partial charge in [0.2, 0.25) is 0 Å². The van der Waals surface area contributed by atoms with E-state index in [2.05, 4.69) is 18.7 Å². The molecular formula is C12H23NOS. The van der Waals surface area contributed by atoms with Crippen LogP contribution in [0.4, 0.5) is 0 Å². The fourth-order valence-corrected chi connectivity index (χ4v) is 4.67. The Morgan fingerprint density at radius 2 is 1.93 bits per heavy atom. The number of thioether (sulfide) groups is 1. The molecule has 0 unspecified atom stereocenters. The maximum atomic E-state index is 5.95. The van der Waals surface area contributed by atoms with E-state index in [0.717, 1.165) is 19.8 Å². The molecule has 1 heterocycles. The first-order valence-corrected chi connectivity index (χ1v) is 7.15. The number of ether oxygens (including phenoxy) is 1.